The number of hydrogen-bond acceptors (Lipinski definition) is 6. The molecule has 1 fully saturated rings. The number of carbonyl (C=O) groups is 1. The molecule has 0 radical (unpaired) electrons. The zero-order chi connectivity index (χ0) is 11.7. The van der Waals surface area contributed by atoms with Crippen LogP contribution in [0.1, 0.15) is 18.7 Å². The standard InChI is InChI=1S/C11H10N4O2/c16-8(7-2-3-7)6-9-14-11(15-17-9)10-12-4-1-5-13-10/h1,4-5,7H,2-3,6H2. The van der Waals surface area contributed by atoms with Gasteiger partial charge in [-0.15, -0.1) is 0 Å². The number of hydrogen-bond donors (Lipinski definition) is 0. The van der Waals surface area contributed by atoms with Crippen LogP contribution in [0.5, 0.6) is 0 Å². The summed E-state index contributed by atoms with van der Waals surface area (Å²) in [5, 5.41) is 3.76. The third-order valence-corrected chi connectivity index (χ3v) is 2.59. The van der Waals surface area contributed by atoms with Crippen LogP contribution in [0, 0.1) is 5.92 Å². The van der Waals surface area contributed by atoms with Crippen LogP contribution in [0.2, 0.25) is 0 Å². The normalized spacial score (nSPS) is 14.8. The molecule has 17 heavy (non-hydrogen) atoms. The molecule has 0 aliphatic heterocycles. The van der Waals surface area contributed by atoms with Gasteiger partial charge in [0.05, 0.1) is 6.42 Å². The van der Waals surface area contributed by atoms with E-state index in [4.69, 9.17) is 4.52 Å². The highest BCUT2D eigenvalue weighted by atomic mass is 16.5. The van der Waals surface area contributed by atoms with Gasteiger partial charge in [0.2, 0.25) is 17.5 Å². The molecule has 0 spiro atoms. The largest absolute Gasteiger partial charge is 0.338 e. The molecule has 1 saturated carbocycles. The van der Waals surface area contributed by atoms with E-state index in [-0.39, 0.29) is 18.1 Å². The lowest BCUT2D eigenvalue weighted by Gasteiger charge is -1.90. The molecule has 2 heterocycles. The van der Waals surface area contributed by atoms with Gasteiger partial charge in [-0.3, -0.25) is 4.79 Å². The summed E-state index contributed by atoms with van der Waals surface area (Å²) >= 11 is 0. The highest BCUT2D eigenvalue weighted by Crippen LogP contribution is 2.30. The summed E-state index contributed by atoms with van der Waals surface area (Å²) in [5.41, 5.74) is 0. The molecule has 1 aliphatic rings. The Hall–Kier alpha value is -2.11. The van der Waals surface area contributed by atoms with Crippen molar-refractivity contribution < 1.29 is 9.32 Å². The molecular weight excluding hydrogens is 220 g/mol. The molecule has 6 heteroatoms. The molecule has 3 rings (SSSR count). The Balaban J connectivity index is 1.76. The average molecular weight is 230 g/mol. The van der Waals surface area contributed by atoms with Crippen LogP contribution < -0.4 is 0 Å². The summed E-state index contributed by atoms with van der Waals surface area (Å²) in [5.74, 6) is 1.45. The zero-order valence-electron chi connectivity index (χ0n) is 9.04. The van der Waals surface area contributed by atoms with Crippen molar-refractivity contribution in [3.63, 3.8) is 0 Å². The maximum Gasteiger partial charge on any atom is 0.240 e. The highest BCUT2D eigenvalue weighted by molar-refractivity contribution is 5.84. The molecule has 0 unspecified atom stereocenters. The molecule has 0 aromatic carbocycles. The Morgan fingerprint density at radius 2 is 2.06 bits per heavy atom. The summed E-state index contributed by atoms with van der Waals surface area (Å²) in [6, 6.07) is 1.71. The summed E-state index contributed by atoms with van der Waals surface area (Å²) in [4.78, 5) is 23.7. The summed E-state index contributed by atoms with van der Waals surface area (Å²) in [6.45, 7) is 0. The molecule has 0 saturated heterocycles. The minimum atomic E-state index is 0.175. The summed E-state index contributed by atoms with van der Waals surface area (Å²) in [7, 11) is 0. The smallest absolute Gasteiger partial charge is 0.240 e. The summed E-state index contributed by atoms with van der Waals surface area (Å²) < 4.78 is 5.01. The zero-order valence-corrected chi connectivity index (χ0v) is 9.04. The van der Waals surface area contributed by atoms with Gasteiger partial charge in [-0.1, -0.05) is 5.16 Å². The minimum Gasteiger partial charge on any atom is -0.338 e. The lowest BCUT2D eigenvalue weighted by atomic mass is 10.2. The number of Topliss-reactive ketones (excluding diaryl/α,β-unsaturated/α-hetero) is 1. The number of aromatic nitrogens is 4. The van der Waals surface area contributed by atoms with Crippen molar-refractivity contribution >= 4 is 5.78 Å². The number of nitrogens with zero attached hydrogens (tertiary/aromatic N) is 4. The van der Waals surface area contributed by atoms with E-state index in [0.29, 0.717) is 17.5 Å². The van der Waals surface area contributed by atoms with Gasteiger partial charge >= 0.3 is 0 Å². The van der Waals surface area contributed by atoms with Crippen LogP contribution >= 0.6 is 0 Å². The van der Waals surface area contributed by atoms with Gasteiger partial charge in [0.15, 0.2) is 0 Å². The van der Waals surface area contributed by atoms with Gasteiger partial charge in [-0.05, 0) is 18.9 Å². The monoisotopic (exact) mass is 230 g/mol. The quantitative estimate of drug-likeness (QED) is 0.780. The molecule has 2 aromatic heterocycles. The van der Waals surface area contributed by atoms with Crippen molar-refractivity contribution in [2.24, 2.45) is 5.92 Å². The maximum atomic E-state index is 11.6. The van der Waals surface area contributed by atoms with Crippen LogP contribution in [0.15, 0.2) is 23.0 Å². The Kier molecular flexibility index (Phi) is 2.40. The van der Waals surface area contributed by atoms with E-state index < -0.39 is 0 Å². The molecule has 6 nitrogen and oxygen atoms in total. The number of rotatable bonds is 4. The van der Waals surface area contributed by atoms with Crippen molar-refractivity contribution in [2.45, 2.75) is 19.3 Å². The molecule has 1 aliphatic carbocycles. The van der Waals surface area contributed by atoms with Crippen LogP contribution in [-0.2, 0) is 11.2 Å². The van der Waals surface area contributed by atoms with Crippen LogP contribution in [0.3, 0.4) is 0 Å². The van der Waals surface area contributed by atoms with Gasteiger partial charge in [-0.2, -0.15) is 4.98 Å². The molecule has 2 aromatic rings. The van der Waals surface area contributed by atoms with E-state index in [2.05, 4.69) is 20.1 Å². The van der Waals surface area contributed by atoms with E-state index in [1.54, 1.807) is 18.5 Å². The third kappa shape index (κ3) is 2.20. The SMILES string of the molecule is O=C(Cc1nc(-c2ncccn2)no1)C1CC1. The second-order valence-corrected chi connectivity index (χ2v) is 4.00. The predicted octanol–water partition coefficient (Wildman–Crippen LogP) is 1.05. The fraction of sp³-hybridized carbons (Fsp3) is 0.364. The fourth-order valence-electron chi connectivity index (χ4n) is 1.53. The maximum absolute atomic E-state index is 11.6. The lowest BCUT2D eigenvalue weighted by molar-refractivity contribution is -0.119. The summed E-state index contributed by atoms with van der Waals surface area (Å²) in [6.07, 6.45) is 5.40. The van der Waals surface area contributed by atoms with E-state index in [9.17, 15) is 4.79 Å². The van der Waals surface area contributed by atoms with Crippen molar-refractivity contribution in [2.75, 3.05) is 0 Å². The second kappa shape index (κ2) is 4.04. The number of ketones is 1. The Morgan fingerprint density at radius 3 is 2.76 bits per heavy atom. The van der Waals surface area contributed by atoms with Crippen molar-refractivity contribution in [3.05, 3.63) is 24.4 Å². The first-order valence-corrected chi connectivity index (χ1v) is 5.45. The molecule has 0 bridgehead atoms. The van der Waals surface area contributed by atoms with Gasteiger partial charge < -0.3 is 4.52 Å². The molecule has 0 amide bonds. The molecule has 0 N–H and O–H groups in total. The van der Waals surface area contributed by atoms with Crippen molar-refractivity contribution in [1.82, 2.24) is 20.1 Å². The van der Waals surface area contributed by atoms with E-state index in [0.717, 1.165) is 12.8 Å². The van der Waals surface area contributed by atoms with E-state index in [1.807, 2.05) is 0 Å². The van der Waals surface area contributed by atoms with E-state index >= 15 is 0 Å². The van der Waals surface area contributed by atoms with Crippen LogP contribution in [0.25, 0.3) is 11.6 Å². The van der Waals surface area contributed by atoms with Gasteiger partial charge in [0.25, 0.3) is 0 Å². The molecule has 86 valence electrons. The van der Waals surface area contributed by atoms with Crippen molar-refractivity contribution in [3.8, 4) is 11.6 Å². The third-order valence-electron chi connectivity index (χ3n) is 2.59. The van der Waals surface area contributed by atoms with Crippen LogP contribution in [0.4, 0.5) is 0 Å². The predicted molar refractivity (Wildman–Crippen MR) is 56.8 cm³/mol. The van der Waals surface area contributed by atoms with Crippen molar-refractivity contribution in [1.29, 1.82) is 0 Å². The van der Waals surface area contributed by atoms with Gasteiger partial charge in [0.1, 0.15) is 5.78 Å². The Bertz CT molecular complexity index is 533. The molecule has 0 atom stereocenters. The number of carbonyl (C=O) groups excluding carboxylic acids is 1. The minimum absolute atomic E-state index is 0.175. The lowest BCUT2D eigenvalue weighted by Crippen LogP contribution is -2.04. The molecular formula is C11H10N4O2. The second-order valence-electron chi connectivity index (χ2n) is 4.00. The highest BCUT2D eigenvalue weighted by Gasteiger charge is 2.30. The average Bonchev–Trinajstić information content (AvgIpc) is 3.12. The van der Waals surface area contributed by atoms with Gasteiger partial charge in [0, 0.05) is 18.3 Å². The first-order valence-electron chi connectivity index (χ1n) is 5.45. The Morgan fingerprint density at radius 1 is 1.29 bits per heavy atom. The van der Waals surface area contributed by atoms with E-state index in [1.165, 1.54) is 0 Å². The topological polar surface area (TPSA) is 81.8 Å². The van der Waals surface area contributed by atoms with Crippen LogP contribution in [-0.4, -0.2) is 25.9 Å². The van der Waals surface area contributed by atoms with Gasteiger partial charge in [-0.25, -0.2) is 9.97 Å². The fourth-order valence-corrected chi connectivity index (χ4v) is 1.53. The Labute approximate surface area is 97.1 Å². The first kappa shape index (κ1) is 10.1. The first-order chi connectivity index (χ1) is 8.33.